The van der Waals surface area contributed by atoms with Crippen LogP contribution in [0, 0.1) is 0 Å². The number of aromatic amines is 1. The van der Waals surface area contributed by atoms with Crippen LogP contribution in [0.25, 0.3) is 0 Å². The molecule has 0 bridgehead atoms. The molecule has 2 heterocycles. The van der Waals surface area contributed by atoms with Gasteiger partial charge in [0.25, 0.3) is 0 Å². The van der Waals surface area contributed by atoms with E-state index in [4.69, 9.17) is 18.0 Å². The van der Waals surface area contributed by atoms with Crippen molar-refractivity contribution in [2.45, 2.75) is 13.0 Å². The summed E-state index contributed by atoms with van der Waals surface area (Å²) < 4.78 is 0.598. The number of rotatable bonds is 5. The Morgan fingerprint density at radius 2 is 2.18 bits per heavy atom. The molecule has 0 amide bonds. The fraction of sp³-hybridized carbons (Fsp3) is 0.188. The van der Waals surface area contributed by atoms with Crippen LogP contribution in [0.5, 0.6) is 0 Å². The van der Waals surface area contributed by atoms with Crippen LogP contribution in [0.3, 0.4) is 0 Å². The van der Waals surface area contributed by atoms with E-state index in [1.54, 1.807) is 6.20 Å². The van der Waals surface area contributed by atoms with E-state index in [9.17, 15) is 0 Å². The molecule has 1 atom stereocenters. The number of thiocarbonyl (C=S) groups is 1. The maximum atomic E-state index is 5.84. The van der Waals surface area contributed by atoms with Crippen LogP contribution in [-0.2, 0) is 13.0 Å². The normalized spacial score (nSPS) is 20.1. The minimum absolute atomic E-state index is 0.426. The van der Waals surface area contributed by atoms with E-state index in [1.807, 2.05) is 30.6 Å². The zero-order chi connectivity index (χ0) is 15.6. The zero-order valence-electron chi connectivity index (χ0n) is 12.4. The Kier molecular flexibility index (Phi) is 3.87. The molecule has 1 aromatic heterocycles. The van der Waals surface area contributed by atoms with Gasteiger partial charge in [0.15, 0.2) is 0 Å². The van der Waals surface area contributed by atoms with E-state index in [-0.39, 0.29) is 0 Å². The molecule has 0 aliphatic carbocycles. The lowest BCUT2D eigenvalue weighted by Gasteiger charge is -2.28. The Morgan fingerprint density at radius 3 is 2.91 bits per heavy atom. The van der Waals surface area contributed by atoms with Crippen LogP contribution in [0.15, 0.2) is 54.1 Å². The van der Waals surface area contributed by atoms with Crippen molar-refractivity contribution in [1.82, 2.24) is 9.97 Å². The number of likely N-dealkylation sites (N-methyl/N-ethyl adjacent to an activating group) is 1. The average molecular weight is 312 g/mol. The van der Waals surface area contributed by atoms with Crippen molar-refractivity contribution < 1.29 is 4.48 Å². The molecule has 1 aliphatic rings. The van der Waals surface area contributed by atoms with Crippen LogP contribution >= 0.6 is 12.2 Å². The summed E-state index contributed by atoms with van der Waals surface area (Å²) in [6, 6.07) is 7.99. The van der Waals surface area contributed by atoms with Crippen molar-refractivity contribution in [3.8, 4) is 0 Å². The minimum atomic E-state index is 0.426. The van der Waals surface area contributed by atoms with Crippen LogP contribution in [0.4, 0.5) is 0 Å². The van der Waals surface area contributed by atoms with Crippen molar-refractivity contribution in [3.05, 3.63) is 66.0 Å². The van der Waals surface area contributed by atoms with Crippen molar-refractivity contribution in [3.63, 3.8) is 0 Å². The molecule has 0 radical (unpaired) electrons. The summed E-state index contributed by atoms with van der Waals surface area (Å²) in [5, 5.41) is 0. The van der Waals surface area contributed by atoms with Gasteiger partial charge < -0.3 is 10.7 Å². The van der Waals surface area contributed by atoms with Gasteiger partial charge in [-0.05, 0) is 0 Å². The number of imidazole rings is 1. The zero-order valence-corrected chi connectivity index (χ0v) is 13.2. The number of benzene rings is 1. The highest BCUT2D eigenvalue weighted by atomic mass is 32.1. The average Bonchev–Trinajstić information content (AvgIpc) is 3.11. The summed E-state index contributed by atoms with van der Waals surface area (Å²) in [7, 11) is 2.13. The van der Waals surface area contributed by atoms with Gasteiger partial charge in [0.05, 0.1) is 13.2 Å². The molecule has 1 aromatic carbocycles. The predicted octanol–water partition coefficient (Wildman–Crippen LogP) is 2.12. The first kappa shape index (κ1) is 14.6. The summed E-state index contributed by atoms with van der Waals surface area (Å²) in [6.45, 7) is 0.754. The molecule has 3 rings (SSSR count). The van der Waals surface area contributed by atoms with Crippen molar-refractivity contribution in [2.75, 3.05) is 7.05 Å². The fourth-order valence-electron chi connectivity index (χ4n) is 2.65. The lowest BCUT2D eigenvalue weighted by atomic mass is 10.1. The third-order valence-electron chi connectivity index (χ3n) is 3.87. The third-order valence-corrected chi connectivity index (χ3v) is 4.09. The highest BCUT2D eigenvalue weighted by molar-refractivity contribution is 7.80. The summed E-state index contributed by atoms with van der Waals surface area (Å²) in [4.78, 5) is 12.4. The van der Waals surface area contributed by atoms with E-state index in [2.05, 4.69) is 34.3 Å². The Hall–Kier alpha value is -2.31. The van der Waals surface area contributed by atoms with Gasteiger partial charge in [0, 0.05) is 23.5 Å². The van der Waals surface area contributed by atoms with Gasteiger partial charge in [-0.15, -0.1) is 0 Å². The Labute approximate surface area is 134 Å². The number of aromatic nitrogens is 2. The third kappa shape index (κ3) is 2.84. The number of hydrogen-bond acceptors (Lipinski definition) is 3. The molecule has 1 aliphatic heterocycles. The van der Waals surface area contributed by atoms with Gasteiger partial charge in [-0.25, -0.2) is 14.5 Å². The van der Waals surface area contributed by atoms with Gasteiger partial charge in [-0.1, -0.05) is 36.5 Å². The van der Waals surface area contributed by atoms with Crippen molar-refractivity contribution in [1.29, 1.82) is 0 Å². The number of amidine groups is 1. The number of aliphatic imine (C=N–C) groups is 1. The maximum Gasteiger partial charge on any atom is 0.215 e. The van der Waals surface area contributed by atoms with E-state index in [1.165, 1.54) is 0 Å². The minimum Gasteiger partial charge on any atom is -0.389 e. The van der Waals surface area contributed by atoms with Crippen LogP contribution < -0.4 is 5.73 Å². The first-order valence-corrected chi connectivity index (χ1v) is 7.45. The Bertz CT molecular complexity index is 748. The summed E-state index contributed by atoms with van der Waals surface area (Å²) in [5.41, 5.74) is 7.88. The Balaban J connectivity index is 1.86. The molecule has 0 saturated heterocycles. The second-order valence-electron chi connectivity index (χ2n) is 5.50. The van der Waals surface area contributed by atoms with E-state index < -0.39 is 0 Å². The second kappa shape index (κ2) is 5.82. The lowest BCUT2D eigenvalue weighted by molar-refractivity contribution is -0.779. The molecular weight excluding hydrogens is 294 g/mol. The lowest BCUT2D eigenvalue weighted by Crippen LogP contribution is -2.43. The summed E-state index contributed by atoms with van der Waals surface area (Å²) in [6.07, 6.45) is 8.19. The predicted molar refractivity (Wildman–Crippen MR) is 91.1 cm³/mol. The molecule has 2 aromatic rings. The Morgan fingerprint density at radius 1 is 1.36 bits per heavy atom. The highest BCUT2D eigenvalue weighted by Crippen LogP contribution is 2.22. The number of H-pyrrole nitrogens is 1. The molecule has 112 valence electrons. The maximum absolute atomic E-state index is 5.84. The van der Waals surface area contributed by atoms with E-state index in [0.717, 1.165) is 29.3 Å². The fourth-order valence-corrected chi connectivity index (χ4v) is 2.85. The van der Waals surface area contributed by atoms with Gasteiger partial charge in [-0.2, -0.15) is 0 Å². The largest absolute Gasteiger partial charge is 0.389 e. The molecule has 1 unspecified atom stereocenters. The number of nitrogens with zero attached hydrogens (tertiary/aromatic N) is 3. The van der Waals surface area contributed by atoms with Crippen LogP contribution in [0.1, 0.15) is 17.0 Å². The number of quaternary nitrogens is 1. The molecular formula is C16H18N5S+. The van der Waals surface area contributed by atoms with Gasteiger partial charge in [-0.3, -0.25) is 0 Å². The second-order valence-corrected chi connectivity index (χ2v) is 5.94. The van der Waals surface area contributed by atoms with E-state index in [0.29, 0.717) is 15.9 Å². The smallest absolute Gasteiger partial charge is 0.215 e. The summed E-state index contributed by atoms with van der Waals surface area (Å²) in [5.74, 6) is 1.95. The molecule has 3 N–H and O–H groups in total. The molecule has 5 nitrogen and oxygen atoms in total. The van der Waals surface area contributed by atoms with Gasteiger partial charge >= 0.3 is 0 Å². The SMILES string of the molecule is C[N+]1(Cc2ccccc2C(N)=S)C=CN=C1Cc1ncc[nH]1. The quantitative estimate of drug-likeness (QED) is 0.656. The molecule has 0 spiro atoms. The number of nitrogens with one attached hydrogen (secondary N) is 1. The van der Waals surface area contributed by atoms with Crippen LogP contribution in [0.2, 0.25) is 0 Å². The molecule has 0 fully saturated rings. The van der Waals surface area contributed by atoms with Gasteiger partial charge in [0.1, 0.15) is 30.0 Å². The summed E-state index contributed by atoms with van der Waals surface area (Å²) >= 11 is 5.16. The van der Waals surface area contributed by atoms with Crippen molar-refractivity contribution in [2.24, 2.45) is 10.7 Å². The number of nitrogens with two attached hydrogens (primary N) is 1. The van der Waals surface area contributed by atoms with E-state index >= 15 is 0 Å². The molecule has 0 saturated carbocycles. The van der Waals surface area contributed by atoms with Crippen molar-refractivity contribution >= 4 is 23.0 Å². The standard InChI is InChI=1S/C16H17N5S/c1-21(11-12-4-2-3-5-13(12)16(17)22)9-8-20-15(21)10-14-18-6-7-19-14/h2-9H,10-11H2,1H3,(H2-,17,18,19,22)/p+1. The first-order valence-electron chi connectivity index (χ1n) is 7.05. The molecule has 22 heavy (non-hydrogen) atoms. The monoisotopic (exact) mass is 312 g/mol. The van der Waals surface area contributed by atoms with Gasteiger partial charge in [0.2, 0.25) is 5.84 Å². The number of hydrogen-bond donors (Lipinski definition) is 2. The van der Waals surface area contributed by atoms with Crippen LogP contribution in [-0.4, -0.2) is 32.3 Å². The first-order chi connectivity index (χ1) is 10.6. The topological polar surface area (TPSA) is 67.1 Å². The molecule has 6 heteroatoms. The highest BCUT2D eigenvalue weighted by Gasteiger charge is 2.32.